The van der Waals surface area contributed by atoms with Crippen molar-refractivity contribution in [2.75, 3.05) is 23.7 Å². The van der Waals surface area contributed by atoms with Crippen molar-refractivity contribution in [1.29, 1.82) is 0 Å². The number of thioether (sulfide) groups is 1. The summed E-state index contributed by atoms with van der Waals surface area (Å²) in [7, 11) is 0. The maximum absolute atomic E-state index is 13.2. The molecule has 1 aliphatic carbocycles. The van der Waals surface area contributed by atoms with Gasteiger partial charge in [-0.2, -0.15) is 0 Å². The van der Waals surface area contributed by atoms with Crippen molar-refractivity contribution in [3.8, 4) is 0 Å². The zero-order chi connectivity index (χ0) is 16.0. The number of benzene rings is 1. The number of carbonyl (C=O) groups is 2. The molecule has 4 nitrogen and oxygen atoms in total. The molecule has 23 heavy (non-hydrogen) atoms. The van der Waals surface area contributed by atoms with E-state index >= 15 is 0 Å². The number of hydrogen-bond donors (Lipinski definition) is 0. The van der Waals surface area contributed by atoms with E-state index in [0.717, 1.165) is 31.4 Å². The van der Waals surface area contributed by atoms with Crippen molar-refractivity contribution in [2.24, 2.45) is 5.92 Å². The Hall–Kier alpha value is -1.56. The van der Waals surface area contributed by atoms with Gasteiger partial charge in [-0.1, -0.05) is 0 Å². The molecule has 2 amide bonds. The zero-order valence-corrected chi connectivity index (χ0v) is 13.7. The van der Waals surface area contributed by atoms with Gasteiger partial charge < -0.3 is 4.90 Å². The van der Waals surface area contributed by atoms with E-state index < -0.39 is 0 Å². The Morgan fingerprint density at radius 2 is 1.83 bits per heavy atom. The molecule has 1 saturated carbocycles. The van der Waals surface area contributed by atoms with Gasteiger partial charge in [0.05, 0.1) is 10.6 Å². The predicted octanol–water partition coefficient (Wildman–Crippen LogP) is 2.63. The van der Waals surface area contributed by atoms with Crippen molar-refractivity contribution in [1.82, 2.24) is 4.90 Å². The largest absolute Gasteiger partial charge is 0.342 e. The van der Waals surface area contributed by atoms with Gasteiger partial charge in [0, 0.05) is 24.7 Å². The first-order valence-electron chi connectivity index (χ1n) is 8.10. The minimum atomic E-state index is -0.299. The molecule has 3 aliphatic rings. The van der Waals surface area contributed by atoms with Gasteiger partial charge in [-0.25, -0.2) is 4.39 Å². The van der Waals surface area contributed by atoms with Crippen LogP contribution >= 0.6 is 11.8 Å². The second-order valence-electron chi connectivity index (χ2n) is 6.54. The minimum absolute atomic E-state index is 0.0728. The Kier molecular flexibility index (Phi) is 3.59. The van der Waals surface area contributed by atoms with E-state index in [4.69, 9.17) is 0 Å². The third-order valence-electron chi connectivity index (χ3n) is 4.99. The van der Waals surface area contributed by atoms with E-state index in [1.54, 1.807) is 23.9 Å². The lowest BCUT2D eigenvalue weighted by Crippen LogP contribution is -2.53. The molecule has 2 aliphatic heterocycles. The molecule has 1 aromatic carbocycles. The second kappa shape index (κ2) is 5.51. The molecule has 0 N–H and O–H groups in total. The van der Waals surface area contributed by atoms with Crippen molar-refractivity contribution >= 4 is 29.3 Å². The average Bonchev–Trinajstić information content (AvgIpc) is 3.36. The van der Waals surface area contributed by atoms with Crippen LogP contribution < -0.4 is 4.90 Å². The fourth-order valence-corrected chi connectivity index (χ4v) is 4.88. The Morgan fingerprint density at radius 3 is 2.43 bits per heavy atom. The van der Waals surface area contributed by atoms with Gasteiger partial charge in [-0.15, -0.1) is 11.8 Å². The van der Waals surface area contributed by atoms with Gasteiger partial charge in [-0.3, -0.25) is 14.5 Å². The molecule has 0 atom stereocenters. The molecule has 6 heteroatoms. The standard InChI is InChI=1S/C17H19FN2O2S/c18-13-3-5-14(6-4-13)20-15(21)11-23-17(20)7-9-19(10-8-17)16(22)12-1-2-12/h3-6,12H,1-2,7-11H2. The lowest BCUT2D eigenvalue weighted by Gasteiger charge is -2.44. The van der Waals surface area contributed by atoms with Crippen LogP contribution in [0.15, 0.2) is 24.3 Å². The van der Waals surface area contributed by atoms with E-state index in [-0.39, 0.29) is 28.4 Å². The smallest absolute Gasteiger partial charge is 0.238 e. The Balaban J connectivity index is 1.54. The molecule has 2 heterocycles. The van der Waals surface area contributed by atoms with Crippen molar-refractivity contribution in [3.63, 3.8) is 0 Å². The molecule has 0 radical (unpaired) electrons. The molecule has 0 unspecified atom stereocenters. The van der Waals surface area contributed by atoms with Crippen LogP contribution in [0.5, 0.6) is 0 Å². The Labute approximate surface area is 139 Å². The van der Waals surface area contributed by atoms with E-state index in [9.17, 15) is 14.0 Å². The maximum Gasteiger partial charge on any atom is 0.238 e. The van der Waals surface area contributed by atoms with Crippen LogP contribution in [0.25, 0.3) is 0 Å². The summed E-state index contributed by atoms with van der Waals surface area (Å²) in [6, 6.07) is 6.13. The highest BCUT2D eigenvalue weighted by Crippen LogP contribution is 2.47. The van der Waals surface area contributed by atoms with Crippen molar-refractivity contribution in [3.05, 3.63) is 30.1 Å². The van der Waals surface area contributed by atoms with Gasteiger partial charge in [0.1, 0.15) is 5.82 Å². The number of carbonyl (C=O) groups excluding carboxylic acids is 2. The summed E-state index contributed by atoms with van der Waals surface area (Å²) < 4.78 is 13.2. The van der Waals surface area contributed by atoms with Crippen LogP contribution in [0.3, 0.4) is 0 Å². The lowest BCUT2D eigenvalue weighted by atomic mass is 10.0. The molecule has 1 spiro atoms. The molecule has 3 fully saturated rings. The van der Waals surface area contributed by atoms with Gasteiger partial charge in [-0.05, 0) is 49.9 Å². The summed E-state index contributed by atoms with van der Waals surface area (Å²) >= 11 is 1.66. The summed E-state index contributed by atoms with van der Waals surface area (Å²) in [4.78, 5) is 28.1. The third-order valence-corrected chi connectivity index (χ3v) is 6.51. The minimum Gasteiger partial charge on any atom is -0.342 e. The number of amides is 2. The summed E-state index contributed by atoms with van der Waals surface area (Å²) in [5.74, 6) is 0.752. The van der Waals surface area contributed by atoms with Crippen LogP contribution in [0.2, 0.25) is 0 Å². The molecular formula is C17H19FN2O2S. The molecule has 0 bridgehead atoms. The normalized spacial score (nSPS) is 23.6. The lowest BCUT2D eigenvalue weighted by molar-refractivity contribution is -0.133. The van der Waals surface area contributed by atoms with E-state index in [0.29, 0.717) is 18.8 Å². The van der Waals surface area contributed by atoms with Crippen molar-refractivity contribution in [2.45, 2.75) is 30.6 Å². The predicted molar refractivity (Wildman–Crippen MR) is 87.6 cm³/mol. The van der Waals surface area contributed by atoms with Crippen molar-refractivity contribution < 1.29 is 14.0 Å². The number of anilines is 1. The van der Waals surface area contributed by atoms with Crippen LogP contribution in [0.1, 0.15) is 25.7 Å². The monoisotopic (exact) mass is 334 g/mol. The number of piperidine rings is 1. The fraction of sp³-hybridized carbons (Fsp3) is 0.529. The van der Waals surface area contributed by atoms with Crippen LogP contribution in [0.4, 0.5) is 10.1 Å². The third kappa shape index (κ3) is 2.63. The molecule has 1 aromatic rings. The second-order valence-corrected chi connectivity index (χ2v) is 7.88. The quantitative estimate of drug-likeness (QED) is 0.835. The van der Waals surface area contributed by atoms with Gasteiger partial charge in [0.15, 0.2) is 0 Å². The fourth-order valence-electron chi connectivity index (χ4n) is 3.55. The summed E-state index contributed by atoms with van der Waals surface area (Å²) in [5.41, 5.74) is 0.753. The van der Waals surface area contributed by atoms with E-state index in [1.807, 2.05) is 9.80 Å². The number of likely N-dealkylation sites (tertiary alicyclic amines) is 1. The highest BCUT2D eigenvalue weighted by molar-refractivity contribution is 8.02. The number of nitrogens with zero attached hydrogens (tertiary/aromatic N) is 2. The first-order valence-corrected chi connectivity index (χ1v) is 9.09. The van der Waals surface area contributed by atoms with E-state index in [1.165, 1.54) is 12.1 Å². The topological polar surface area (TPSA) is 40.6 Å². The summed E-state index contributed by atoms with van der Waals surface area (Å²) in [5, 5.41) is 0. The zero-order valence-electron chi connectivity index (χ0n) is 12.8. The van der Waals surface area contributed by atoms with Crippen LogP contribution in [0, 0.1) is 11.7 Å². The first kappa shape index (κ1) is 15.0. The highest BCUT2D eigenvalue weighted by atomic mass is 32.2. The number of halogens is 1. The molecule has 4 rings (SSSR count). The van der Waals surface area contributed by atoms with Crippen LogP contribution in [-0.2, 0) is 9.59 Å². The van der Waals surface area contributed by atoms with Gasteiger partial charge >= 0.3 is 0 Å². The molecule has 2 saturated heterocycles. The summed E-state index contributed by atoms with van der Waals surface area (Å²) in [6.07, 6.45) is 3.60. The van der Waals surface area contributed by atoms with Gasteiger partial charge in [0.25, 0.3) is 0 Å². The Morgan fingerprint density at radius 1 is 1.17 bits per heavy atom. The number of rotatable bonds is 2. The van der Waals surface area contributed by atoms with E-state index in [2.05, 4.69) is 0 Å². The average molecular weight is 334 g/mol. The molecule has 0 aromatic heterocycles. The molecular weight excluding hydrogens is 315 g/mol. The maximum atomic E-state index is 13.2. The number of hydrogen-bond acceptors (Lipinski definition) is 3. The summed E-state index contributed by atoms with van der Waals surface area (Å²) in [6.45, 7) is 1.40. The highest BCUT2D eigenvalue weighted by Gasteiger charge is 2.49. The first-order chi connectivity index (χ1) is 11.1. The van der Waals surface area contributed by atoms with Gasteiger partial charge in [0.2, 0.25) is 11.8 Å². The molecule has 122 valence electrons. The Bertz CT molecular complexity index is 636. The van der Waals surface area contributed by atoms with Crippen LogP contribution in [-0.4, -0.2) is 40.4 Å². The SMILES string of the molecule is O=C(C1CC1)N1CCC2(CC1)SCC(=O)N2c1ccc(F)cc1.